The van der Waals surface area contributed by atoms with E-state index in [1.165, 1.54) is 27.6 Å². The molecule has 1 atom stereocenters. The standard InChI is InChI=1S/C25H25N3O3/c1-4-6-17-18(21(12-29)27-31)10-22-24-19(11-28(22)25(17)30)16-8-5-7-15-14(3)13(2)9-20(26-24)23(15)16/h9-10,12,21H,4-8,11H2,1-3H3. The van der Waals surface area contributed by atoms with Gasteiger partial charge in [0.2, 0.25) is 0 Å². The molecular formula is C25H25N3O3. The molecule has 6 nitrogen and oxygen atoms in total. The molecule has 0 saturated heterocycles. The van der Waals surface area contributed by atoms with Gasteiger partial charge in [0.05, 0.1) is 23.4 Å². The van der Waals surface area contributed by atoms with Crippen molar-refractivity contribution in [2.75, 3.05) is 0 Å². The van der Waals surface area contributed by atoms with Gasteiger partial charge in [0.1, 0.15) is 0 Å². The monoisotopic (exact) mass is 415 g/mol. The Morgan fingerprint density at radius 2 is 1.97 bits per heavy atom. The number of fused-ring (bicyclic) bond motifs is 4. The van der Waals surface area contributed by atoms with Gasteiger partial charge in [-0.3, -0.25) is 4.79 Å². The molecule has 2 aromatic heterocycles. The first kappa shape index (κ1) is 19.8. The molecule has 31 heavy (non-hydrogen) atoms. The Hall–Kier alpha value is -3.15. The number of pyridine rings is 2. The van der Waals surface area contributed by atoms with Crippen LogP contribution in [0.5, 0.6) is 0 Å². The van der Waals surface area contributed by atoms with Crippen molar-refractivity contribution in [2.45, 2.75) is 65.5 Å². The van der Waals surface area contributed by atoms with Gasteiger partial charge >= 0.3 is 0 Å². The molecule has 0 fully saturated rings. The maximum Gasteiger partial charge on any atom is 0.254 e. The van der Waals surface area contributed by atoms with Crippen LogP contribution in [0.25, 0.3) is 22.3 Å². The van der Waals surface area contributed by atoms with Crippen LogP contribution in [0.1, 0.15) is 64.8 Å². The number of rotatable bonds is 5. The minimum atomic E-state index is -1.17. The Balaban J connectivity index is 1.84. The highest BCUT2D eigenvalue weighted by Crippen LogP contribution is 2.41. The molecule has 158 valence electrons. The van der Waals surface area contributed by atoms with E-state index in [0.717, 1.165) is 42.5 Å². The van der Waals surface area contributed by atoms with Crippen molar-refractivity contribution in [2.24, 2.45) is 5.18 Å². The topological polar surface area (TPSA) is 81.4 Å². The predicted molar refractivity (Wildman–Crippen MR) is 121 cm³/mol. The third-order valence-electron chi connectivity index (χ3n) is 7.05. The summed E-state index contributed by atoms with van der Waals surface area (Å²) >= 11 is 0. The van der Waals surface area contributed by atoms with E-state index in [-0.39, 0.29) is 5.56 Å². The van der Waals surface area contributed by atoms with Crippen molar-refractivity contribution in [1.29, 1.82) is 0 Å². The first-order valence-corrected chi connectivity index (χ1v) is 11.0. The van der Waals surface area contributed by atoms with Crippen molar-refractivity contribution in [3.8, 4) is 11.4 Å². The van der Waals surface area contributed by atoms with E-state index < -0.39 is 6.04 Å². The largest absolute Gasteiger partial charge is 0.302 e. The van der Waals surface area contributed by atoms with E-state index in [1.54, 1.807) is 10.6 Å². The summed E-state index contributed by atoms with van der Waals surface area (Å²) < 4.78 is 1.77. The minimum absolute atomic E-state index is 0.137. The van der Waals surface area contributed by atoms with E-state index >= 15 is 0 Å². The summed E-state index contributed by atoms with van der Waals surface area (Å²) in [5.41, 5.74) is 9.60. The molecule has 1 aliphatic carbocycles. The number of nitroso groups, excluding NO2 is 1. The van der Waals surface area contributed by atoms with Crippen molar-refractivity contribution in [3.05, 3.63) is 66.3 Å². The summed E-state index contributed by atoms with van der Waals surface area (Å²) in [5.74, 6) is 0. The van der Waals surface area contributed by atoms with Gasteiger partial charge in [-0.15, -0.1) is 4.91 Å². The van der Waals surface area contributed by atoms with Crippen LogP contribution in [0.15, 0.2) is 22.1 Å². The van der Waals surface area contributed by atoms with Gasteiger partial charge < -0.3 is 9.36 Å². The fraction of sp³-hybridized carbons (Fsp3) is 0.400. The number of hydrogen-bond acceptors (Lipinski definition) is 5. The van der Waals surface area contributed by atoms with Crippen LogP contribution in [0, 0.1) is 18.8 Å². The Bertz CT molecular complexity index is 1330. The van der Waals surface area contributed by atoms with Crippen LogP contribution in [0.3, 0.4) is 0 Å². The molecule has 5 rings (SSSR count). The van der Waals surface area contributed by atoms with Crippen LogP contribution in [-0.2, 0) is 30.6 Å². The van der Waals surface area contributed by atoms with Crippen LogP contribution in [0.2, 0.25) is 0 Å². The number of hydrogen-bond donors (Lipinski definition) is 0. The second-order valence-electron chi connectivity index (χ2n) is 8.75. The number of benzene rings is 1. The number of aldehydes is 1. The average molecular weight is 415 g/mol. The second-order valence-corrected chi connectivity index (χ2v) is 8.75. The molecular weight excluding hydrogens is 390 g/mol. The third kappa shape index (κ3) is 2.74. The zero-order valence-electron chi connectivity index (χ0n) is 18.1. The number of carbonyl (C=O) groups is 1. The zero-order valence-corrected chi connectivity index (χ0v) is 18.1. The molecule has 1 unspecified atom stereocenters. The molecule has 0 bridgehead atoms. The third-order valence-corrected chi connectivity index (χ3v) is 7.05. The Kier molecular flexibility index (Phi) is 4.61. The molecule has 0 N–H and O–H groups in total. The fourth-order valence-corrected chi connectivity index (χ4v) is 5.42. The van der Waals surface area contributed by atoms with Crippen molar-refractivity contribution < 1.29 is 4.79 Å². The van der Waals surface area contributed by atoms with Gasteiger partial charge in [-0.25, -0.2) is 4.98 Å². The average Bonchev–Trinajstić information content (AvgIpc) is 3.14. The van der Waals surface area contributed by atoms with Crippen molar-refractivity contribution in [1.82, 2.24) is 9.55 Å². The number of carbonyl (C=O) groups excluding carboxylic acids is 1. The minimum Gasteiger partial charge on any atom is -0.302 e. The summed E-state index contributed by atoms with van der Waals surface area (Å²) in [7, 11) is 0. The van der Waals surface area contributed by atoms with E-state index in [4.69, 9.17) is 4.98 Å². The highest BCUT2D eigenvalue weighted by Gasteiger charge is 2.31. The normalized spacial score (nSPS) is 14.9. The first-order chi connectivity index (χ1) is 15.0. The molecule has 0 radical (unpaired) electrons. The van der Waals surface area contributed by atoms with Crippen molar-refractivity contribution in [3.63, 3.8) is 0 Å². The highest BCUT2D eigenvalue weighted by atomic mass is 16.3. The SMILES string of the molecule is CCCc1c(C(C=O)N=O)cc2n(c1=O)Cc1c-2nc2cc(C)c(C)c3c2c1CCC3. The Morgan fingerprint density at radius 3 is 2.68 bits per heavy atom. The molecule has 0 amide bonds. The van der Waals surface area contributed by atoms with Gasteiger partial charge in [0.25, 0.3) is 5.56 Å². The fourth-order valence-electron chi connectivity index (χ4n) is 5.42. The lowest BCUT2D eigenvalue weighted by molar-refractivity contribution is -0.108. The van der Waals surface area contributed by atoms with Crippen LogP contribution in [-0.4, -0.2) is 15.8 Å². The van der Waals surface area contributed by atoms with E-state index in [9.17, 15) is 14.5 Å². The summed E-state index contributed by atoms with van der Waals surface area (Å²) in [6.07, 6.45) is 4.89. The van der Waals surface area contributed by atoms with Gasteiger partial charge in [-0.05, 0) is 79.5 Å². The van der Waals surface area contributed by atoms with E-state index in [2.05, 4.69) is 25.1 Å². The van der Waals surface area contributed by atoms with Gasteiger partial charge in [0.15, 0.2) is 12.3 Å². The Morgan fingerprint density at radius 1 is 1.19 bits per heavy atom. The van der Waals surface area contributed by atoms with Gasteiger partial charge in [0, 0.05) is 16.5 Å². The second kappa shape index (κ2) is 7.22. The lowest BCUT2D eigenvalue weighted by Gasteiger charge is -2.22. The molecule has 2 aliphatic rings. The highest BCUT2D eigenvalue weighted by molar-refractivity contribution is 5.93. The smallest absolute Gasteiger partial charge is 0.254 e. The summed E-state index contributed by atoms with van der Waals surface area (Å²) in [4.78, 5) is 41.3. The van der Waals surface area contributed by atoms with E-state index in [0.29, 0.717) is 36.1 Å². The molecule has 0 spiro atoms. The van der Waals surface area contributed by atoms with Gasteiger partial charge in [-0.1, -0.05) is 18.5 Å². The summed E-state index contributed by atoms with van der Waals surface area (Å²) in [6.45, 7) is 6.77. The lowest BCUT2D eigenvalue weighted by atomic mass is 9.83. The van der Waals surface area contributed by atoms with Crippen molar-refractivity contribution >= 4 is 17.2 Å². The van der Waals surface area contributed by atoms with Crippen LogP contribution >= 0.6 is 0 Å². The van der Waals surface area contributed by atoms with Crippen LogP contribution in [0.4, 0.5) is 0 Å². The summed E-state index contributed by atoms with van der Waals surface area (Å²) in [5, 5.41) is 4.23. The lowest BCUT2D eigenvalue weighted by Crippen LogP contribution is -2.26. The Labute approximate surface area is 180 Å². The quantitative estimate of drug-likeness (QED) is 0.355. The number of nitrogens with zero attached hydrogens (tertiary/aromatic N) is 3. The van der Waals surface area contributed by atoms with Crippen LogP contribution < -0.4 is 5.56 Å². The predicted octanol–water partition coefficient (Wildman–Crippen LogP) is 4.49. The maximum atomic E-state index is 13.4. The summed E-state index contributed by atoms with van der Waals surface area (Å²) in [6, 6.07) is 2.77. The molecule has 1 aliphatic heterocycles. The number of aromatic nitrogens is 2. The van der Waals surface area contributed by atoms with E-state index in [1.807, 2.05) is 6.92 Å². The number of aryl methyl sites for hydroxylation is 3. The molecule has 3 aromatic rings. The molecule has 3 heterocycles. The molecule has 1 aromatic carbocycles. The molecule has 0 saturated carbocycles. The zero-order chi connectivity index (χ0) is 21.9. The van der Waals surface area contributed by atoms with Gasteiger partial charge in [-0.2, -0.15) is 0 Å². The first-order valence-electron chi connectivity index (χ1n) is 11.0. The maximum absolute atomic E-state index is 13.4. The molecule has 6 heteroatoms.